The Kier molecular flexibility index (Phi) is 5.46. The van der Waals surface area contributed by atoms with Gasteiger partial charge < -0.3 is 4.74 Å². The van der Waals surface area contributed by atoms with E-state index >= 15 is 0 Å². The highest BCUT2D eigenvalue weighted by atomic mass is 19.1. The van der Waals surface area contributed by atoms with E-state index in [0.717, 1.165) is 11.3 Å². The van der Waals surface area contributed by atoms with Crippen molar-refractivity contribution < 1.29 is 13.9 Å². The van der Waals surface area contributed by atoms with Crippen molar-refractivity contribution in [2.45, 2.75) is 26.9 Å². The number of amides is 1. The summed E-state index contributed by atoms with van der Waals surface area (Å²) >= 11 is 0. The molecule has 120 valence electrons. The second kappa shape index (κ2) is 7.54. The molecule has 23 heavy (non-hydrogen) atoms. The minimum Gasteiger partial charge on any atom is -0.491 e. The zero-order valence-corrected chi connectivity index (χ0v) is 13.3. The number of carbonyl (C=O) groups excluding carboxylic acids is 1. The van der Waals surface area contributed by atoms with Crippen LogP contribution >= 0.6 is 0 Å². The Hall–Kier alpha value is -2.69. The summed E-state index contributed by atoms with van der Waals surface area (Å²) in [5, 5.41) is 4.07. The van der Waals surface area contributed by atoms with Gasteiger partial charge in [-0.3, -0.25) is 4.79 Å². The second-order valence-corrected chi connectivity index (χ2v) is 5.34. The van der Waals surface area contributed by atoms with Gasteiger partial charge >= 0.3 is 0 Å². The predicted octanol–water partition coefficient (Wildman–Crippen LogP) is 3.77. The van der Waals surface area contributed by atoms with E-state index in [1.54, 1.807) is 6.92 Å². The maximum absolute atomic E-state index is 12.8. The van der Waals surface area contributed by atoms with Crippen LogP contribution in [0.5, 0.6) is 5.75 Å². The number of nitrogens with zero attached hydrogens (tertiary/aromatic N) is 1. The fourth-order valence-electron chi connectivity index (χ4n) is 1.91. The lowest BCUT2D eigenvalue weighted by atomic mass is 10.1. The quantitative estimate of drug-likeness (QED) is 0.674. The van der Waals surface area contributed by atoms with Crippen LogP contribution in [0.1, 0.15) is 36.7 Å². The molecule has 1 N–H and O–H groups in total. The van der Waals surface area contributed by atoms with Gasteiger partial charge in [0.25, 0.3) is 5.91 Å². The van der Waals surface area contributed by atoms with Gasteiger partial charge in [-0.1, -0.05) is 0 Å². The number of hydrogen-bond donors (Lipinski definition) is 1. The standard InChI is InChI=1S/C18H19FN2O2/c1-12(2)23-17-10-6-14(7-11-17)13(3)20-21-18(22)15-4-8-16(19)9-5-15/h4-12H,1-3H3,(H,21,22)/b20-13-. The number of hydrazone groups is 1. The lowest BCUT2D eigenvalue weighted by molar-refractivity contribution is 0.0955. The van der Waals surface area contributed by atoms with E-state index < -0.39 is 0 Å². The summed E-state index contributed by atoms with van der Waals surface area (Å²) < 4.78 is 18.4. The molecule has 0 unspecified atom stereocenters. The smallest absolute Gasteiger partial charge is 0.271 e. The zero-order valence-electron chi connectivity index (χ0n) is 13.3. The van der Waals surface area contributed by atoms with Crippen molar-refractivity contribution in [2.24, 2.45) is 5.10 Å². The molecule has 2 aromatic rings. The van der Waals surface area contributed by atoms with E-state index in [4.69, 9.17) is 4.74 Å². The van der Waals surface area contributed by atoms with Crippen LogP contribution in [-0.4, -0.2) is 17.7 Å². The topological polar surface area (TPSA) is 50.7 Å². The highest BCUT2D eigenvalue weighted by Crippen LogP contribution is 2.14. The molecule has 0 heterocycles. The Morgan fingerprint density at radius 3 is 2.17 bits per heavy atom. The SMILES string of the molecule is C/C(=N/NC(=O)c1ccc(F)cc1)c1ccc(OC(C)C)cc1. The van der Waals surface area contributed by atoms with Crippen LogP contribution in [0.2, 0.25) is 0 Å². The molecule has 4 nitrogen and oxygen atoms in total. The molecule has 0 saturated carbocycles. The summed E-state index contributed by atoms with van der Waals surface area (Å²) in [6, 6.07) is 12.8. The molecular weight excluding hydrogens is 295 g/mol. The van der Waals surface area contributed by atoms with E-state index in [-0.39, 0.29) is 17.8 Å². The van der Waals surface area contributed by atoms with Crippen LogP contribution in [0.3, 0.4) is 0 Å². The molecule has 0 spiro atoms. The summed E-state index contributed by atoms with van der Waals surface area (Å²) in [5.41, 5.74) is 4.35. The Balaban J connectivity index is 2.01. The van der Waals surface area contributed by atoms with Gasteiger partial charge in [-0.2, -0.15) is 5.10 Å². The zero-order chi connectivity index (χ0) is 16.8. The third-order valence-corrected chi connectivity index (χ3v) is 3.08. The third-order valence-electron chi connectivity index (χ3n) is 3.08. The van der Waals surface area contributed by atoms with E-state index in [1.807, 2.05) is 38.1 Å². The predicted molar refractivity (Wildman–Crippen MR) is 88.3 cm³/mol. The van der Waals surface area contributed by atoms with Crippen LogP contribution < -0.4 is 10.2 Å². The maximum atomic E-state index is 12.8. The molecule has 1 amide bonds. The third kappa shape index (κ3) is 4.92. The van der Waals surface area contributed by atoms with Crippen molar-refractivity contribution in [3.8, 4) is 5.75 Å². The molecule has 0 bridgehead atoms. The van der Waals surface area contributed by atoms with Crippen molar-refractivity contribution in [3.63, 3.8) is 0 Å². The number of ether oxygens (including phenoxy) is 1. The Morgan fingerprint density at radius 2 is 1.61 bits per heavy atom. The van der Waals surface area contributed by atoms with Gasteiger partial charge in [-0.15, -0.1) is 0 Å². The van der Waals surface area contributed by atoms with Gasteiger partial charge in [0.15, 0.2) is 0 Å². The first-order chi connectivity index (χ1) is 11.0. The average molecular weight is 314 g/mol. The second-order valence-electron chi connectivity index (χ2n) is 5.34. The summed E-state index contributed by atoms with van der Waals surface area (Å²) in [4.78, 5) is 11.9. The minimum absolute atomic E-state index is 0.116. The van der Waals surface area contributed by atoms with Crippen molar-refractivity contribution in [3.05, 3.63) is 65.5 Å². The maximum Gasteiger partial charge on any atom is 0.271 e. The van der Waals surface area contributed by atoms with Crippen molar-refractivity contribution in [1.29, 1.82) is 0 Å². The van der Waals surface area contributed by atoms with Gasteiger partial charge in [-0.05, 0) is 74.9 Å². The molecule has 0 fully saturated rings. The van der Waals surface area contributed by atoms with Gasteiger partial charge in [0.2, 0.25) is 0 Å². The van der Waals surface area contributed by atoms with Gasteiger partial charge in [-0.25, -0.2) is 9.82 Å². The normalized spacial score (nSPS) is 11.4. The number of benzene rings is 2. The number of carbonyl (C=O) groups is 1. The van der Waals surface area contributed by atoms with Gasteiger partial charge in [0, 0.05) is 5.56 Å². The molecule has 0 aliphatic rings. The number of rotatable bonds is 5. The molecule has 2 aromatic carbocycles. The molecular formula is C18H19FN2O2. The van der Waals surface area contributed by atoms with Crippen molar-refractivity contribution in [2.75, 3.05) is 0 Å². The van der Waals surface area contributed by atoms with Crippen LogP contribution in [0.4, 0.5) is 4.39 Å². The van der Waals surface area contributed by atoms with E-state index in [2.05, 4.69) is 10.5 Å². The van der Waals surface area contributed by atoms with E-state index in [9.17, 15) is 9.18 Å². The summed E-state index contributed by atoms with van der Waals surface area (Å²) in [5.74, 6) is 0.0148. The molecule has 0 aliphatic heterocycles. The van der Waals surface area contributed by atoms with Crippen LogP contribution in [-0.2, 0) is 0 Å². The summed E-state index contributed by atoms with van der Waals surface area (Å²) in [6.07, 6.45) is 0.116. The lowest BCUT2D eigenvalue weighted by Gasteiger charge is -2.10. The first-order valence-corrected chi connectivity index (χ1v) is 7.33. The Morgan fingerprint density at radius 1 is 1.04 bits per heavy atom. The van der Waals surface area contributed by atoms with Crippen molar-refractivity contribution in [1.82, 2.24) is 5.43 Å². The molecule has 2 rings (SSSR count). The molecule has 5 heteroatoms. The van der Waals surface area contributed by atoms with E-state index in [1.165, 1.54) is 24.3 Å². The number of halogens is 1. The first-order valence-electron chi connectivity index (χ1n) is 7.33. The monoisotopic (exact) mass is 314 g/mol. The highest BCUT2D eigenvalue weighted by Gasteiger charge is 2.05. The fraction of sp³-hybridized carbons (Fsp3) is 0.222. The lowest BCUT2D eigenvalue weighted by Crippen LogP contribution is -2.19. The van der Waals surface area contributed by atoms with Crippen molar-refractivity contribution >= 4 is 11.6 Å². The molecule has 0 aliphatic carbocycles. The van der Waals surface area contributed by atoms with Crippen LogP contribution in [0, 0.1) is 5.82 Å². The Bertz CT molecular complexity index is 692. The number of nitrogens with one attached hydrogen (secondary N) is 1. The van der Waals surface area contributed by atoms with Gasteiger partial charge in [0.05, 0.1) is 11.8 Å². The average Bonchev–Trinajstić information content (AvgIpc) is 2.53. The molecule has 0 radical (unpaired) electrons. The largest absolute Gasteiger partial charge is 0.491 e. The Labute approximate surface area is 135 Å². The highest BCUT2D eigenvalue weighted by molar-refractivity contribution is 6.00. The van der Waals surface area contributed by atoms with Crippen LogP contribution in [0.15, 0.2) is 53.6 Å². The minimum atomic E-state index is -0.385. The molecule has 0 atom stereocenters. The number of hydrogen-bond acceptors (Lipinski definition) is 3. The van der Waals surface area contributed by atoms with E-state index in [0.29, 0.717) is 11.3 Å². The fourth-order valence-corrected chi connectivity index (χ4v) is 1.91. The summed E-state index contributed by atoms with van der Waals surface area (Å²) in [6.45, 7) is 5.72. The molecule has 0 saturated heterocycles. The first kappa shape index (κ1) is 16.7. The van der Waals surface area contributed by atoms with Crippen LogP contribution in [0.25, 0.3) is 0 Å². The van der Waals surface area contributed by atoms with Gasteiger partial charge in [0.1, 0.15) is 11.6 Å². The molecule has 0 aromatic heterocycles. The summed E-state index contributed by atoms with van der Waals surface area (Å²) in [7, 11) is 0.